The van der Waals surface area contributed by atoms with Gasteiger partial charge in [0.2, 0.25) is 0 Å². The molecule has 0 aromatic heterocycles. The molecule has 1 aliphatic rings. The number of hydrogen-bond acceptors (Lipinski definition) is 6. The van der Waals surface area contributed by atoms with Crippen LogP contribution in [0, 0.1) is 0 Å². The second-order valence-electron chi connectivity index (χ2n) is 6.95. The highest BCUT2D eigenvalue weighted by molar-refractivity contribution is 6.39. The molecule has 0 radical (unpaired) electrons. The summed E-state index contributed by atoms with van der Waals surface area (Å²) in [6.45, 7) is 3.27. The number of carboxylic acid groups (broad SMARTS) is 1. The lowest BCUT2D eigenvalue weighted by molar-refractivity contribution is -0.144. The first-order valence-electron chi connectivity index (χ1n) is 9.83. The van der Waals surface area contributed by atoms with Gasteiger partial charge in [0, 0.05) is 0 Å². The van der Waals surface area contributed by atoms with Crippen LogP contribution in [0.4, 0.5) is 10.5 Å². The smallest absolute Gasteiger partial charge is 0.344 e. The Morgan fingerprint density at radius 3 is 2.53 bits per heavy atom. The van der Waals surface area contributed by atoms with E-state index in [2.05, 4.69) is 5.32 Å². The first-order valence-corrected chi connectivity index (χ1v) is 9.83. The number of nitrogens with zero attached hydrogens (tertiary/aromatic N) is 1. The lowest BCUT2D eigenvalue weighted by atomic mass is 10.0. The topological polar surface area (TPSA) is 122 Å². The van der Waals surface area contributed by atoms with Crippen molar-refractivity contribution in [3.8, 4) is 11.5 Å². The van der Waals surface area contributed by atoms with E-state index in [1.807, 2.05) is 6.92 Å². The fourth-order valence-corrected chi connectivity index (χ4v) is 3.18. The van der Waals surface area contributed by atoms with Crippen LogP contribution in [0.3, 0.4) is 0 Å². The molecule has 2 aromatic rings. The van der Waals surface area contributed by atoms with Gasteiger partial charge in [0.25, 0.3) is 11.8 Å². The number of urea groups is 1. The molecule has 9 heteroatoms. The van der Waals surface area contributed by atoms with Crippen LogP contribution < -0.4 is 19.7 Å². The van der Waals surface area contributed by atoms with Gasteiger partial charge in [0.1, 0.15) is 5.57 Å². The van der Waals surface area contributed by atoms with E-state index in [0.717, 1.165) is 10.5 Å². The number of methoxy groups -OCH3 is 1. The molecule has 166 valence electrons. The third kappa shape index (κ3) is 4.46. The van der Waals surface area contributed by atoms with Crippen molar-refractivity contribution in [2.24, 2.45) is 0 Å². The second-order valence-corrected chi connectivity index (χ2v) is 6.95. The molecule has 1 heterocycles. The molecule has 32 heavy (non-hydrogen) atoms. The van der Waals surface area contributed by atoms with Gasteiger partial charge in [0.15, 0.2) is 17.6 Å². The predicted molar refractivity (Wildman–Crippen MR) is 116 cm³/mol. The van der Waals surface area contributed by atoms with Crippen LogP contribution in [0.1, 0.15) is 25.0 Å². The summed E-state index contributed by atoms with van der Waals surface area (Å²) in [5, 5.41) is 11.2. The summed E-state index contributed by atoms with van der Waals surface area (Å²) in [5.74, 6) is -2.29. The third-order valence-electron chi connectivity index (χ3n) is 4.87. The number of anilines is 1. The molecule has 9 nitrogen and oxygen atoms in total. The molecule has 0 aliphatic carbocycles. The van der Waals surface area contributed by atoms with Gasteiger partial charge >= 0.3 is 12.0 Å². The van der Waals surface area contributed by atoms with Crippen LogP contribution in [0.5, 0.6) is 11.5 Å². The van der Waals surface area contributed by atoms with Crippen molar-refractivity contribution >= 4 is 35.6 Å². The van der Waals surface area contributed by atoms with E-state index in [0.29, 0.717) is 17.7 Å². The molecule has 0 saturated carbocycles. The number of amides is 4. The summed E-state index contributed by atoms with van der Waals surface area (Å²) in [5.41, 5.74) is 1.37. The number of aliphatic carboxylic acids is 1. The number of aryl methyl sites for hydroxylation is 1. The Bertz CT molecular complexity index is 1120. The summed E-state index contributed by atoms with van der Waals surface area (Å²) in [6.07, 6.45) is 0.823. The summed E-state index contributed by atoms with van der Waals surface area (Å²) >= 11 is 0. The minimum Gasteiger partial charge on any atom is -0.493 e. The number of carboxylic acids is 1. The van der Waals surface area contributed by atoms with Crippen LogP contribution in [0.15, 0.2) is 48.0 Å². The summed E-state index contributed by atoms with van der Waals surface area (Å²) < 4.78 is 10.6. The van der Waals surface area contributed by atoms with Gasteiger partial charge in [-0.25, -0.2) is 14.5 Å². The highest BCUT2D eigenvalue weighted by atomic mass is 16.5. The predicted octanol–water partition coefficient (Wildman–Crippen LogP) is 2.78. The van der Waals surface area contributed by atoms with Gasteiger partial charge < -0.3 is 14.6 Å². The van der Waals surface area contributed by atoms with Crippen LogP contribution in [-0.2, 0) is 20.8 Å². The summed E-state index contributed by atoms with van der Waals surface area (Å²) in [4.78, 5) is 50.0. The molecular formula is C23H22N2O7. The number of benzene rings is 2. The van der Waals surface area contributed by atoms with Gasteiger partial charge in [-0.3, -0.25) is 14.9 Å². The van der Waals surface area contributed by atoms with Crippen LogP contribution >= 0.6 is 0 Å². The minimum absolute atomic E-state index is 0.192. The second kappa shape index (κ2) is 9.34. The number of barbiturate groups is 1. The molecular weight excluding hydrogens is 416 g/mol. The van der Waals surface area contributed by atoms with Crippen molar-refractivity contribution in [2.45, 2.75) is 26.4 Å². The Morgan fingerprint density at radius 1 is 1.16 bits per heavy atom. The molecule has 1 aliphatic heterocycles. The first kappa shape index (κ1) is 22.5. The van der Waals surface area contributed by atoms with Crippen LogP contribution in [0.25, 0.3) is 6.08 Å². The highest BCUT2D eigenvalue weighted by Crippen LogP contribution is 2.31. The quantitative estimate of drug-likeness (QED) is 0.503. The largest absolute Gasteiger partial charge is 0.493 e. The number of ether oxygens (including phenoxy) is 2. The Hall–Kier alpha value is -4.14. The van der Waals surface area contributed by atoms with Gasteiger partial charge in [0.05, 0.1) is 12.8 Å². The molecule has 0 bridgehead atoms. The maximum atomic E-state index is 13.1. The SMILES string of the molecule is CCc1ccccc1N1C(=O)NC(=O)/C(=C\c2ccc(O[C@H](C)C(=O)O)c(OC)c2)C1=O. The summed E-state index contributed by atoms with van der Waals surface area (Å²) in [6, 6.07) is 10.7. The fourth-order valence-electron chi connectivity index (χ4n) is 3.18. The number of hydrogen-bond donors (Lipinski definition) is 2. The van der Waals surface area contributed by atoms with E-state index < -0.39 is 29.9 Å². The fraction of sp³-hybridized carbons (Fsp3) is 0.217. The Kier molecular flexibility index (Phi) is 6.58. The number of nitrogens with one attached hydrogen (secondary N) is 1. The van der Waals surface area contributed by atoms with E-state index in [1.54, 1.807) is 30.3 Å². The molecule has 2 N–H and O–H groups in total. The number of para-hydroxylation sites is 1. The van der Waals surface area contributed by atoms with E-state index in [4.69, 9.17) is 14.6 Å². The average Bonchev–Trinajstić information content (AvgIpc) is 2.77. The van der Waals surface area contributed by atoms with Crippen molar-refractivity contribution in [2.75, 3.05) is 12.0 Å². The lowest BCUT2D eigenvalue weighted by Gasteiger charge is -2.28. The van der Waals surface area contributed by atoms with E-state index in [1.165, 1.54) is 32.2 Å². The van der Waals surface area contributed by atoms with Gasteiger partial charge in [-0.05, 0) is 48.7 Å². The maximum absolute atomic E-state index is 13.1. The molecule has 1 saturated heterocycles. The van der Waals surface area contributed by atoms with Crippen molar-refractivity contribution in [1.29, 1.82) is 0 Å². The number of carbonyl (C=O) groups excluding carboxylic acids is 3. The number of rotatable bonds is 7. The standard InChI is InChI=1S/C23H22N2O7/c1-4-15-7-5-6-8-17(15)25-21(27)16(20(26)24-23(25)30)11-14-9-10-18(19(12-14)31-3)32-13(2)22(28)29/h5-13H,4H2,1-3H3,(H,28,29)(H,24,26,30)/b16-11+/t13-/m1/s1. The average molecular weight is 438 g/mol. The zero-order chi connectivity index (χ0) is 23.4. The highest BCUT2D eigenvalue weighted by Gasteiger charge is 2.37. The van der Waals surface area contributed by atoms with Gasteiger partial charge in [-0.15, -0.1) is 0 Å². The maximum Gasteiger partial charge on any atom is 0.344 e. The van der Waals surface area contributed by atoms with Crippen molar-refractivity contribution in [3.63, 3.8) is 0 Å². The molecule has 3 rings (SSSR count). The van der Waals surface area contributed by atoms with Crippen molar-refractivity contribution in [3.05, 3.63) is 59.2 Å². The lowest BCUT2D eigenvalue weighted by Crippen LogP contribution is -2.54. The van der Waals surface area contributed by atoms with Crippen molar-refractivity contribution in [1.82, 2.24) is 5.32 Å². The van der Waals surface area contributed by atoms with Crippen molar-refractivity contribution < 1.29 is 33.8 Å². The zero-order valence-electron chi connectivity index (χ0n) is 17.7. The normalized spacial score (nSPS) is 16.0. The van der Waals surface area contributed by atoms with Crippen LogP contribution in [0.2, 0.25) is 0 Å². The molecule has 2 aromatic carbocycles. The van der Waals surface area contributed by atoms with E-state index >= 15 is 0 Å². The third-order valence-corrected chi connectivity index (χ3v) is 4.87. The molecule has 1 atom stereocenters. The van der Waals surface area contributed by atoms with Crippen LogP contribution in [-0.4, -0.2) is 42.1 Å². The molecule has 0 unspecified atom stereocenters. The monoisotopic (exact) mass is 438 g/mol. The van der Waals surface area contributed by atoms with Gasteiger partial charge in [-0.1, -0.05) is 31.2 Å². The zero-order valence-corrected chi connectivity index (χ0v) is 17.7. The van der Waals surface area contributed by atoms with Gasteiger partial charge in [-0.2, -0.15) is 0 Å². The minimum atomic E-state index is -1.14. The molecule has 1 fully saturated rings. The Balaban J connectivity index is 1.98. The summed E-state index contributed by atoms with van der Waals surface area (Å²) in [7, 11) is 1.38. The molecule has 4 amide bonds. The number of carbonyl (C=O) groups is 4. The van der Waals surface area contributed by atoms with E-state index in [-0.39, 0.29) is 17.1 Å². The number of imide groups is 2. The van der Waals surface area contributed by atoms with E-state index in [9.17, 15) is 19.2 Å². The molecule has 0 spiro atoms. The first-order chi connectivity index (χ1) is 15.3. The Labute approximate surface area is 184 Å². The Morgan fingerprint density at radius 2 is 1.88 bits per heavy atom.